The van der Waals surface area contributed by atoms with Gasteiger partial charge in [0.15, 0.2) is 0 Å². The van der Waals surface area contributed by atoms with Gasteiger partial charge in [-0.15, -0.1) is 0 Å². The molecule has 0 radical (unpaired) electrons. The lowest BCUT2D eigenvalue weighted by molar-refractivity contribution is 0.307. The molecule has 1 aromatic carbocycles. The van der Waals surface area contributed by atoms with Crippen LogP contribution in [0.1, 0.15) is 70.0 Å². The molecular weight excluding hydrogens is 230 g/mol. The lowest BCUT2D eigenvalue weighted by atomic mass is 9.85. The van der Waals surface area contributed by atoms with Gasteiger partial charge in [-0.1, -0.05) is 44.5 Å². The van der Waals surface area contributed by atoms with Crippen LogP contribution in [-0.4, -0.2) is 6.04 Å². The van der Waals surface area contributed by atoms with E-state index in [1.54, 1.807) is 0 Å². The zero-order chi connectivity index (χ0) is 13.9. The molecule has 1 aliphatic carbocycles. The predicted octanol–water partition coefficient (Wildman–Crippen LogP) is 5.00. The predicted molar refractivity (Wildman–Crippen MR) is 83.4 cm³/mol. The Labute approximate surface area is 118 Å². The topological polar surface area (TPSA) is 12.0 Å². The van der Waals surface area contributed by atoms with Crippen molar-refractivity contribution in [1.82, 2.24) is 5.32 Å². The largest absolute Gasteiger partial charge is 0.307 e. The van der Waals surface area contributed by atoms with Crippen molar-refractivity contribution in [3.8, 4) is 0 Å². The molecule has 1 saturated carbocycles. The maximum absolute atomic E-state index is 3.85. The normalized spacial score (nSPS) is 24.7. The minimum atomic E-state index is 0.465. The number of aryl methyl sites for hydroxylation is 1. The second-order valence-electron chi connectivity index (χ2n) is 7.04. The summed E-state index contributed by atoms with van der Waals surface area (Å²) >= 11 is 0. The summed E-state index contributed by atoms with van der Waals surface area (Å²) in [7, 11) is 0. The molecule has 1 fully saturated rings. The van der Waals surface area contributed by atoms with Crippen LogP contribution in [0, 0.1) is 12.3 Å². The molecule has 0 heterocycles. The summed E-state index contributed by atoms with van der Waals surface area (Å²) < 4.78 is 0. The summed E-state index contributed by atoms with van der Waals surface area (Å²) in [5, 5.41) is 3.85. The molecule has 1 unspecified atom stereocenters. The van der Waals surface area contributed by atoms with Crippen LogP contribution in [0.3, 0.4) is 0 Å². The number of rotatable bonds is 3. The van der Waals surface area contributed by atoms with Gasteiger partial charge in [-0.2, -0.15) is 0 Å². The van der Waals surface area contributed by atoms with Gasteiger partial charge in [0, 0.05) is 12.1 Å². The van der Waals surface area contributed by atoms with E-state index in [9.17, 15) is 0 Å². The van der Waals surface area contributed by atoms with E-state index in [0.717, 1.165) is 0 Å². The van der Waals surface area contributed by atoms with E-state index in [4.69, 9.17) is 0 Å². The van der Waals surface area contributed by atoms with Crippen LogP contribution in [-0.2, 0) is 0 Å². The van der Waals surface area contributed by atoms with Crippen LogP contribution in [0.4, 0.5) is 0 Å². The second-order valence-corrected chi connectivity index (χ2v) is 7.04. The summed E-state index contributed by atoms with van der Waals surface area (Å²) in [6, 6.07) is 9.90. The van der Waals surface area contributed by atoms with Gasteiger partial charge in [0.25, 0.3) is 0 Å². The Hall–Kier alpha value is -0.820. The van der Waals surface area contributed by atoms with Crippen LogP contribution in [0.2, 0.25) is 0 Å². The average molecular weight is 259 g/mol. The second kappa shape index (κ2) is 6.09. The Morgan fingerprint density at radius 2 is 1.89 bits per heavy atom. The van der Waals surface area contributed by atoms with Gasteiger partial charge in [0.1, 0.15) is 0 Å². The number of nitrogens with one attached hydrogen (secondary N) is 1. The summed E-state index contributed by atoms with van der Waals surface area (Å²) in [5.74, 6) is 0. The molecule has 1 nitrogen and oxygen atoms in total. The van der Waals surface area contributed by atoms with Crippen LogP contribution < -0.4 is 5.32 Å². The maximum atomic E-state index is 3.85. The van der Waals surface area contributed by atoms with E-state index in [-0.39, 0.29) is 0 Å². The molecule has 0 aliphatic heterocycles. The highest BCUT2D eigenvalue weighted by atomic mass is 14.9. The molecule has 106 valence electrons. The van der Waals surface area contributed by atoms with E-state index < -0.39 is 0 Å². The van der Waals surface area contributed by atoms with Crippen molar-refractivity contribution in [2.75, 3.05) is 0 Å². The van der Waals surface area contributed by atoms with Crippen molar-refractivity contribution < 1.29 is 0 Å². The molecule has 0 aromatic heterocycles. The van der Waals surface area contributed by atoms with Crippen LogP contribution in [0.25, 0.3) is 0 Å². The first-order chi connectivity index (χ1) is 8.98. The summed E-state index contributed by atoms with van der Waals surface area (Å²) in [6.45, 7) is 9.35. The van der Waals surface area contributed by atoms with Crippen molar-refractivity contribution in [3.05, 3.63) is 35.4 Å². The zero-order valence-corrected chi connectivity index (χ0v) is 13.0. The quantitative estimate of drug-likeness (QED) is 0.753. The van der Waals surface area contributed by atoms with Crippen LogP contribution in [0.5, 0.6) is 0 Å². The lowest BCUT2D eigenvalue weighted by Crippen LogP contribution is -2.31. The Morgan fingerprint density at radius 1 is 1.16 bits per heavy atom. The molecule has 0 saturated heterocycles. The summed E-state index contributed by atoms with van der Waals surface area (Å²) in [4.78, 5) is 0. The fourth-order valence-corrected chi connectivity index (χ4v) is 3.34. The highest BCUT2D eigenvalue weighted by Gasteiger charge is 2.25. The Morgan fingerprint density at radius 3 is 2.63 bits per heavy atom. The molecule has 0 amide bonds. The molecular formula is C18H29N. The highest BCUT2D eigenvalue weighted by Crippen LogP contribution is 2.34. The van der Waals surface area contributed by atoms with Crippen molar-refractivity contribution >= 4 is 0 Å². The average Bonchev–Trinajstić information content (AvgIpc) is 2.51. The minimum absolute atomic E-state index is 0.465. The van der Waals surface area contributed by atoms with Gasteiger partial charge >= 0.3 is 0 Å². The number of benzene rings is 1. The fourth-order valence-electron chi connectivity index (χ4n) is 3.34. The Kier molecular flexibility index (Phi) is 4.67. The summed E-state index contributed by atoms with van der Waals surface area (Å²) in [6.07, 6.45) is 6.75. The van der Waals surface area contributed by atoms with Gasteiger partial charge in [-0.05, 0) is 56.1 Å². The molecule has 1 aliphatic rings. The summed E-state index contributed by atoms with van der Waals surface area (Å²) in [5.41, 5.74) is 3.39. The first kappa shape index (κ1) is 14.6. The van der Waals surface area contributed by atoms with Gasteiger partial charge in [0.05, 0.1) is 0 Å². The Balaban J connectivity index is 1.96. The molecule has 19 heavy (non-hydrogen) atoms. The minimum Gasteiger partial charge on any atom is -0.307 e. The maximum Gasteiger partial charge on any atom is 0.0296 e. The van der Waals surface area contributed by atoms with Crippen molar-refractivity contribution in [1.29, 1.82) is 0 Å². The van der Waals surface area contributed by atoms with Crippen LogP contribution >= 0.6 is 0 Å². The van der Waals surface area contributed by atoms with E-state index in [0.29, 0.717) is 17.5 Å². The van der Waals surface area contributed by atoms with Gasteiger partial charge in [-0.25, -0.2) is 0 Å². The third-order valence-corrected chi connectivity index (χ3v) is 4.72. The van der Waals surface area contributed by atoms with Gasteiger partial charge < -0.3 is 5.32 Å². The number of hydrogen-bond donors (Lipinski definition) is 1. The molecule has 0 bridgehead atoms. The molecule has 2 rings (SSSR count). The van der Waals surface area contributed by atoms with Crippen LogP contribution in [0.15, 0.2) is 24.3 Å². The van der Waals surface area contributed by atoms with E-state index in [1.807, 2.05) is 0 Å². The molecule has 1 aromatic rings. The third-order valence-electron chi connectivity index (χ3n) is 4.72. The first-order valence-corrected chi connectivity index (χ1v) is 7.79. The van der Waals surface area contributed by atoms with Crippen molar-refractivity contribution in [2.45, 2.75) is 71.9 Å². The lowest BCUT2D eigenvalue weighted by Gasteiger charge is -2.25. The van der Waals surface area contributed by atoms with Crippen molar-refractivity contribution in [3.63, 3.8) is 0 Å². The van der Waals surface area contributed by atoms with Gasteiger partial charge in [-0.3, -0.25) is 0 Å². The SMILES string of the molecule is Cc1ccccc1[C@@H](C)NC1CCCC(C)(C)CC1. The molecule has 1 N–H and O–H groups in total. The monoisotopic (exact) mass is 259 g/mol. The Bertz CT molecular complexity index is 408. The standard InChI is InChI=1S/C18H29N/c1-14-8-5-6-10-17(14)15(2)19-16-9-7-12-18(3,4)13-11-16/h5-6,8,10,15-16,19H,7,9,11-13H2,1-4H3/t15-,16?/m1/s1. The van der Waals surface area contributed by atoms with E-state index >= 15 is 0 Å². The van der Waals surface area contributed by atoms with E-state index in [2.05, 4.69) is 57.3 Å². The van der Waals surface area contributed by atoms with Gasteiger partial charge in [0.2, 0.25) is 0 Å². The van der Waals surface area contributed by atoms with E-state index in [1.165, 1.54) is 43.2 Å². The highest BCUT2D eigenvalue weighted by molar-refractivity contribution is 5.28. The fraction of sp³-hybridized carbons (Fsp3) is 0.667. The zero-order valence-electron chi connectivity index (χ0n) is 13.0. The molecule has 2 atom stereocenters. The smallest absolute Gasteiger partial charge is 0.0296 e. The molecule has 1 heteroatoms. The first-order valence-electron chi connectivity index (χ1n) is 7.79. The molecule has 0 spiro atoms. The van der Waals surface area contributed by atoms with Crippen molar-refractivity contribution in [2.24, 2.45) is 5.41 Å². The number of hydrogen-bond acceptors (Lipinski definition) is 1. The third kappa shape index (κ3) is 4.07.